The van der Waals surface area contributed by atoms with Crippen molar-refractivity contribution in [1.29, 1.82) is 0 Å². The van der Waals surface area contributed by atoms with Crippen LogP contribution in [0.5, 0.6) is 0 Å². The molecule has 0 bridgehead atoms. The highest BCUT2D eigenvalue weighted by Crippen LogP contribution is 2.20. The van der Waals surface area contributed by atoms with Crippen molar-refractivity contribution in [2.24, 2.45) is 11.7 Å². The lowest BCUT2D eigenvalue weighted by atomic mass is 10.0. The number of para-hydroxylation sites is 1. The third-order valence-electron chi connectivity index (χ3n) is 5.68. The Kier molecular flexibility index (Phi) is 8.42. The van der Waals surface area contributed by atoms with Gasteiger partial charge in [0, 0.05) is 17.5 Å². The van der Waals surface area contributed by atoms with Gasteiger partial charge in [-0.25, -0.2) is 4.39 Å². The van der Waals surface area contributed by atoms with Crippen molar-refractivity contribution < 1.29 is 23.9 Å². The Morgan fingerprint density at radius 1 is 1.20 bits per heavy atom. The molecule has 2 aromatic carbocycles. The summed E-state index contributed by atoms with van der Waals surface area (Å²) in [6.07, 6.45) is 0. The molecule has 0 saturated carbocycles. The van der Waals surface area contributed by atoms with Crippen LogP contribution < -0.4 is 11.1 Å². The number of aliphatic hydroxyl groups excluding tert-OH is 1. The summed E-state index contributed by atoms with van der Waals surface area (Å²) in [5, 5.41) is 17.2. The molecule has 1 atom stereocenters. The Morgan fingerprint density at radius 3 is 2.57 bits per heavy atom. The third-order valence-corrected chi connectivity index (χ3v) is 5.97. The van der Waals surface area contributed by atoms with Crippen molar-refractivity contribution in [3.63, 3.8) is 0 Å². The van der Waals surface area contributed by atoms with E-state index < -0.39 is 29.6 Å². The molecular weight excluding hydrogens is 477 g/mol. The maximum Gasteiger partial charge on any atom is 0.269 e. The number of rotatable bonds is 10. The summed E-state index contributed by atoms with van der Waals surface area (Å²) in [5.41, 5.74) is 6.19. The predicted molar refractivity (Wildman–Crippen MR) is 129 cm³/mol. The van der Waals surface area contributed by atoms with Gasteiger partial charge in [0.05, 0.1) is 29.7 Å². The molecule has 35 heavy (non-hydrogen) atoms. The summed E-state index contributed by atoms with van der Waals surface area (Å²) in [5.74, 6) is -2.57. The van der Waals surface area contributed by atoms with Crippen molar-refractivity contribution in [2.75, 3.05) is 13.2 Å². The van der Waals surface area contributed by atoms with E-state index in [9.17, 15) is 23.9 Å². The van der Waals surface area contributed by atoms with E-state index in [1.165, 1.54) is 21.7 Å². The number of hydrogen-bond acceptors (Lipinski definition) is 5. The molecule has 3 rings (SSSR count). The SMILES string of the molecule is CC(C)C(CO)N(CC(=O)NCc1cccc(Cl)c1F)C(=O)Cn1nc(C(N)=O)c2ccccc21. The van der Waals surface area contributed by atoms with Crippen molar-refractivity contribution in [1.82, 2.24) is 20.0 Å². The molecule has 0 fully saturated rings. The summed E-state index contributed by atoms with van der Waals surface area (Å²) in [6.45, 7) is 2.49. The van der Waals surface area contributed by atoms with Gasteiger partial charge in [0.2, 0.25) is 11.8 Å². The van der Waals surface area contributed by atoms with Crippen LogP contribution in [0.3, 0.4) is 0 Å². The molecule has 0 aliphatic heterocycles. The molecule has 186 valence electrons. The van der Waals surface area contributed by atoms with Crippen molar-refractivity contribution in [3.8, 4) is 0 Å². The summed E-state index contributed by atoms with van der Waals surface area (Å²) < 4.78 is 15.5. The first kappa shape index (κ1) is 26.1. The van der Waals surface area contributed by atoms with Crippen LogP contribution in [0.15, 0.2) is 42.5 Å². The van der Waals surface area contributed by atoms with E-state index in [4.69, 9.17) is 17.3 Å². The molecule has 1 aromatic heterocycles. The number of carbonyl (C=O) groups excluding carboxylic acids is 3. The second kappa shape index (κ2) is 11.3. The number of nitrogens with zero attached hydrogens (tertiary/aromatic N) is 3. The van der Waals surface area contributed by atoms with Crippen LogP contribution in [0.1, 0.15) is 29.9 Å². The smallest absolute Gasteiger partial charge is 0.269 e. The van der Waals surface area contributed by atoms with Gasteiger partial charge in [-0.1, -0.05) is 55.8 Å². The number of primary amides is 1. The average Bonchev–Trinajstić information content (AvgIpc) is 3.18. The van der Waals surface area contributed by atoms with Crippen LogP contribution in [0.2, 0.25) is 5.02 Å². The number of hydrogen-bond donors (Lipinski definition) is 3. The fraction of sp³-hybridized carbons (Fsp3) is 0.333. The van der Waals surface area contributed by atoms with Gasteiger partial charge in [0.1, 0.15) is 12.4 Å². The number of nitrogens with one attached hydrogen (secondary N) is 1. The third kappa shape index (κ3) is 5.95. The lowest BCUT2D eigenvalue weighted by Crippen LogP contribution is -2.51. The summed E-state index contributed by atoms with van der Waals surface area (Å²) in [7, 11) is 0. The quantitative estimate of drug-likeness (QED) is 0.390. The first-order valence-electron chi connectivity index (χ1n) is 11.0. The zero-order valence-electron chi connectivity index (χ0n) is 19.4. The molecule has 1 heterocycles. The Bertz CT molecular complexity index is 1250. The number of aliphatic hydroxyl groups is 1. The minimum absolute atomic E-state index is 0.0313. The average molecular weight is 504 g/mol. The van der Waals surface area contributed by atoms with Gasteiger partial charge in [-0.3, -0.25) is 19.1 Å². The zero-order chi connectivity index (χ0) is 25.7. The Hall–Kier alpha value is -3.50. The minimum atomic E-state index is -0.729. The largest absolute Gasteiger partial charge is 0.394 e. The second-order valence-electron chi connectivity index (χ2n) is 8.39. The van der Waals surface area contributed by atoms with E-state index >= 15 is 0 Å². The number of fused-ring (bicyclic) bond motifs is 1. The van der Waals surface area contributed by atoms with Gasteiger partial charge in [-0.05, 0) is 18.1 Å². The fourth-order valence-corrected chi connectivity index (χ4v) is 3.99. The number of amides is 3. The first-order valence-corrected chi connectivity index (χ1v) is 11.4. The molecule has 9 nitrogen and oxygen atoms in total. The number of halogens is 2. The van der Waals surface area contributed by atoms with Gasteiger partial charge in [-0.2, -0.15) is 5.10 Å². The molecule has 0 saturated heterocycles. The van der Waals surface area contributed by atoms with Crippen LogP contribution in [0.4, 0.5) is 4.39 Å². The summed E-state index contributed by atoms with van der Waals surface area (Å²) in [6, 6.07) is 10.6. The van der Waals surface area contributed by atoms with Crippen molar-refractivity contribution in [2.45, 2.75) is 33.0 Å². The highest BCUT2D eigenvalue weighted by molar-refractivity contribution is 6.30. The molecule has 3 amide bonds. The maximum atomic E-state index is 14.1. The van der Waals surface area contributed by atoms with E-state index in [0.29, 0.717) is 10.9 Å². The maximum absolute atomic E-state index is 14.1. The molecule has 4 N–H and O–H groups in total. The van der Waals surface area contributed by atoms with Crippen LogP contribution in [-0.4, -0.2) is 56.7 Å². The molecule has 0 aliphatic rings. The van der Waals surface area contributed by atoms with E-state index in [0.717, 1.165) is 0 Å². The molecule has 0 aliphatic carbocycles. The Labute approximate surface area is 206 Å². The van der Waals surface area contributed by atoms with Crippen LogP contribution in [0.25, 0.3) is 10.9 Å². The highest BCUT2D eigenvalue weighted by Gasteiger charge is 2.29. The van der Waals surface area contributed by atoms with Crippen molar-refractivity contribution >= 4 is 40.2 Å². The summed E-state index contributed by atoms with van der Waals surface area (Å²) >= 11 is 5.78. The summed E-state index contributed by atoms with van der Waals surface area (Å²) in [4.78, 5) is 39.1. The lowest BCUT2D eigenvalue weighted by Gasteiger charge is -2.33. The van der Waals surface area contributed by atoms with Crippen molar-refractivity contribution in [3.05, 3.63) is 64.6 Å². The number of nitrogens with two attached hydrogens (primary N) is 1. The van der Waals surface area contributed by atoms with Gasteiger partial charge in [0.15, 0.2) is 5.69 Å². The first-order chi connectivity index (χ1) is 16.6. The van der Waals surface area contributed by atoms with Gasteiger partial charge in [0.25, 0.3) is 5.91 Å². The van der Waals surface area contributed by atoms with Gasteiger partial charge < -0.3 is 21.1 Å². The Morgan fingerprint density at radius 2 is 1.91 bits per heavy atom. The molecule has 3 aromatic rings. The van der Waals surface area contributed by atoms with Crippen LogP contribution in [-0.2, 0) is 22.7 Å². The monoisotopic (exact) mass is 503 g/mol. The minimum Gasteiger partial charge on any atom is -0.394 e. The van der Waals surface area contributed by atoms with E-state index in [1.54, 1.807) is 30.3 Å². The molecular formula is C24H27ClFN5O4. The van der Waals surface area contributed by atoms with E-state index in [-0.39, 0.29) is 48.4 Å². The molecule has 1 unspecified atom stereocenters. The highest BCUT2D eigenvalue weighted by atomic mass is 35.5. The molecule has 11 heteroatoms. The van der Waals surface area contributed by atoms with Crippen LogP contribution in [0, 0.1) is 11.7 Å². The molecule has 0 spiro atoms. The standard InChI is InChI=1S/C24H27ClFN5O4/c1-14(2)19(13-32)30(11-20(33)28-10-15-6-5-8-17(25)22(15)26)21(34)12-31-18-9-4-3-7-16(18)23(29-31)24(27)35/h3-9,14,19,32H,10-13H2,1-2H3,(H2,27,35)(H,28,33). The molecule has 0 radical (unpaired) electrons. The fourth-order valence-electron chi connectivity index (χ4n) is 3.80. The zero-order valence-corrected chi connectivity index (χ0v) is 20.1. The predicted octanol–water partition coefficient (Wildman–Crippen LogP) is 2.09. The number of carbonyl (C=O) groups is 3. The second-order valence-corrected chi connectivity index (χ2v) is 8.80. The Balaban J connectivity index is 1.81. The topological polar surface area (TPSA) is 131 Å². The van der Waals surface area contributed by atoms with E-state index in [1.807, 2.05) is 13.8 Å². The van der Waals surface area contributed by atoms with Gasteiger partial charge in [-0.15, -0.1) is 0 Å². The lowest BCUT2D eigenvalue weighted by molar-refractivity contribution is -0.141. The number of aromatic nitrogens is 2. The van der Waals surface area contributed by atoms with Gasteiger partial charge >= 0.3 is 0 Å². The normalized spacial score (nSPS) is 12.1. The van der Waals surface area contributed by atoms with Crippen LogP contribution >= 0.6 is 11.6 Å². The number of benzene rings is 2. The van der Waals surface area contributed by atoms with E-state index in [2.05, 4.69) is 10.4 Å².